The van der Waals surface area contributed by atoms with Crippen LogP contribution in [0.25, 0.3) is 0 Å². The molecule has 120 valence electrons. The van der Waals surface area contributed by atoms with Crippen LogP contribution in [0.1, 0.15) is 31.7 Å². The molecule has 1 aromatic rings. The molecule has 0 spiro atoms. The zero-order valence-electron chi connectivity index (χ0n) is 12.9. The van der Waals surface area contributed by atoms with Crippen LogP contribution >= 0.6 is 0 Å². The third kappa shape index (κ3) is 5.15. The second-order valence-electron chi connectivity index (χ2n) is 5.40. The Morgan fingerprint density at radius 3 is 2.77 bits per heavy atom. The van der Waals surface area contributed by atoms with Crippen LogP contribution in [0.2, 0.25) is 0 Å². The molecule has 0 aromatic heterocycles. The Morgan fingerprint density at radius 2 is 2.14 bits per heavy atom. The summed E-state index contributed by atoms with van der Waals surface area (Å²) >= 11 is 0. The van der Waals surface area contributed by atoms with Gasteiger partial charge in [-0.15, -0.1) is 0 Å². The van der Waals surface area contributed by atoms with Crippen molar-refractivity contribution in [2.75, 3.05) is 13.2 Å². The van der Waals surface area contributed by atoms with Crippen molar-refractivity contribution in [2.45, 2.75) is 44.8 Å². The average Bonchev–Trinajstić information content (AvgIpc) is 3.00. The second-order valence-corrected chi connectivity index (χ2v) is 5.40. The number of hydrogen-bond acceptors (Lipinski definition) is 4. The number of amides is 1. The zero-order chi connectivity index (χ0) is 15.8. The van der Waals surface area contributed by atoms with E-state index < -0.39 is 12.0 Å². The lowest BCUT2D eigenvalue weighted by atomic mass is 10.1. The molecule has 0 unspecified atom stereocenters. The van der Waals surface area contributed by atoms with Crippen molar-refractivity contribution < 1.29 is 19.1 Å². The first-order chi connectivity index (χ1) is 10.7. The highest BCUT2D eigenvalue weighted by atomic mass is 16.5. The molecule has 1 N–H and O–H groups in total. The maximum atomic E-state index is 12.1. The summed E-state index contributed by atoms with van der Waals surface area (Å²) in [5.74, 6) is -0.562. The summed E-state index contributed by atoms with van der Waals surface area (Å²) in [5.41, 5.74) is 0.984. The highest BCUT2D eigenvalue weighted by Crippen LogP contribution is 2.15. The number of ether oxygens (including phenoxy) is 2. The molecular formula is C17H23NO4. The van der Waals surface area contributed by atoms with Gasteiger partial charge in [0.25, 0.3) is 0 Å². The van der Waals surface area contributed by atoms with Crippen LogP contribution in [0.4, 0.5) is 0 Å². The lowest BCUT2D eigenvalue weighted by Gasteiger charge is -2.18. The van der Waals surface area contributed by atoms with Crippen molar-refractivity contribution in [3.05, 3.63) is 35.9 Å². The summed E-state index contributed by atoms with van der Waals surface area (Å²) in [6.45, 7) is 2.76. The van der Waals surface area contributed by atoms with Crippen molar-refractivity contribution in [1.29, 1.82) is 0 Å². The first-order valence-corrected chi connectivity index (χ1v) is 7.80. The van der Waals surface area contributed by atoms with Gasteiger partial charge in [-0.25, -0.2) is 4.79 Å². The van der Waals surface area contributed by atoms with Gasteiger partial charge in [0.05, 0.1) is 19.1 Å². The minimum Gasteiger partial charge on any atom is -0.464 e. The molecule has 0 aliphatic carbocycles. The van der Waals surface area contributed by atoms with Crippen LogP contribution in [0.5, 0.6) is 0 Å². The van der Waals surface area contributed by atoms with E-state index >= 15 is 0 Å². The lowest BCUT2D eigenvalue weighted by molar-refractivity contribution is -0.147. The van der Waals surface area contributed by atoms with Crippen molar-refractivity contribution in [2.24, 2.45) is 0 Å². The molecule has 5 heteroatoms. The molecule has 0 saturated carbocycles. The van der Waals surface area contributed by atoms with Gasteiger partial charge >= 0.3 is 5.97 Å². The standard InChI is InChI=1S/C17H23NO4/c1-2-21-17(20)15(11-13-7-4-3-5-8-13)18-16(19)12-14-9-6-10-22-14/h3-5,7-8,14-15H,2,6,9-12H2,1H3,(H,18,19)/t14-,15+/m1/s1. The molecule has 1 amide bonds. The van der Waals surface area contributed by atoms with E-state index in [0.29, 0.717) is 26.1 Å². The summed E-state index contributed by atoms with van der Waals surface area (Å²) in [6.07, 6.45) is 2.58. The third-order valence-electron chi connectivity index (χ3n) is 3.63. The van der Waals surface area contributed by atoms with Crippen molar-refractivity contribution >= 4 is 11.9 Å². The van der Waals surface area contributed by atoms with Crippen molar-refractivity contribution in [3.63, 3.8) is 0 Å². The molecule has 2 rings (SSSR count). The van der Waals surface area contributed by atoms with E-state index in [1.54, 1.807) is 6.92 Å². The van der Waals surface area contributed by atoms with Gasteiger partial charge in [0.1, 0.15) is 6.04 Å². The van der Waals surface area contributed by atoms with Crippen LogP contribution in [-0.4, -0.2) is 37.2 Å². The topological polar surface area (TPSA) is 64.6 Å². The molecule has 2 atom stereocenters. The monoisotopic (exact) mass is 305 g/mol. The maximum absolute atomic E-state index is 12.1. The summed E-state index contributed by atoms with van der Waals surface area (Å²) in [4.78, 5) is 24.2. The molecule has 0 radical (unpaired) electrons. The van der Waals surface area contributed by atoms with Crippen LogP contribution in [0.3, 0.4) is 0 Å². The smallest absolute Gasteiger partial charge is 0.328 e. The predicted octanol–water partition coefficient (Wildman–Crippen LogP) is 1.85. The highest BCUT2D eigenvalue weighted by molar-refractivity contribution is 5.85. The number of esters is 1. The Kier molecular flexibility index (Phi) is 6.40. The number of carbonyl (C=O) groups excluding carboxylic acids is 2. The van der Waals surface area contributed by atoms with Gasteiger partial charge in [-0.05, 0) is 25.3 Å². The molecule has 22 heavy (non-hydrogen) atoms. The molecule has 1 aliphatic heterocycles. The molecule has 1 saturated heterocycles. The number of carbonyl (C=O) groups is 2. The Labute approximate surface area is 131 Å². The van der Waals surface area contributed by atoms with E-state index in [4.69, 9.17) is 9.47 Å². The number of nitrogens with one attached hydrogen (secondary N) is 1. The van der Waals surface area contributed by atoms with E-state index in [2.05, 4.69) is 5.32 Å². The van der Waals surface area contributed by atoms with Crippen LogP contribution in [-0.2, 0) is 25.5 Å². The third-order valence-corrected chi connectivity index (χ3v) is 3.63. The van der Waals surface area contributed by atoms with E-state index in [1.807, 2.05) is 30.3 Å². The minimum atomic E-state index is -0.656. The Bertz CT molecular complexity index is 483. The SMILES string of the molecule is CCOC(=O)[C@H](Cc1ccccc1)NC(=O)C[C@H]1CCCO1. The second kappa shape index (κ2) is 8.54. The van der Waals surface area contributed by atoms with Gasteiger partial charge in [-0.3, -0.25) is 4.79 Å². The molecule has 5 nitrogen and oxygen atoms in total. The molecule has 0 bridgehead atoms. The molecule has 1 heterocycles. The maximum Gasteiger partial charge on any atom is 0.328 e. The molecule has 1 aliphatic rings. The Morgan fingerprint density at radius 1 is 1.36 bits per heavy atom. The number of benzene rings is 1. The van der Waals surface area contributed by atoms with Crippen LogP contribution in [0, 0.1) is 0 Å². The van der Waals surface area contributed by atoms with E-state index in [0.717, 1.165) is 18.4 Å². The first-order valence-electron chi connectivity index (χ1n) is 7.80. The summed E-state index contributed by atoms with van der Waals surface area (Å²) in [7, 11) is 0. The van der Waals surface area contributed by atoms with Crippen molar-refractivity contribution in [1.82, 2.24) is 5.32 Å². The van der Waals surface area contributed by atoms with Gasteiger partial charge in [-0.1, -0.05) is 30.3 Å². The number of hydrogen-bond donors (Lipinski definition) is 1. The van der Waals surface area contributed by atoms with E-state index in [1.165, 1.54) is 0 Å². The van der Waals surface area contributed by atoms with Gasteiger partial charge in [0, 0.05) is 13.0 Å². The lowest BCUT2D eigenvalue weighted by Crippen LogP contribution is -2.44. The summed E-state index contributed by atoms with van der Waals surface area (Å²) in [6, 6.07) is 8.93. The first kappa shape index (κ1) is 16.5. The van der Waals surface area contributed by atoms with Gasteiger partial charge < -0.3 is 14.8 Å². The average molecular weight is 305 g/mol. The zero-order valence-corrected chi connectivity index (χ0v) is 12.9. The van der Waals surface area contributed by atoms with Crippen molar-refractivity contribution in [3.8, 4) is 0 Å². The Hall–Kier alpha value is -1.88. The van der Waals surface area contributed by atoms with Crippen LogP contribution in [0.15, 0.2) is 30.3 Å². The van der Waals surface area contributed by atoms with Gasteiger partial charge in [-0.2, -0.15) is 0 Å². The molecule has 1 fully saturated rings. The normalized spacial score (nSPS) is 18.7. The Balaban J connectivity index is 1.94. The fraction of sp³-hybridized carbons (Fsp3) is 0.529. The largest absolute Gasteiger partial charge is 0.464 e. The van der Waals surface area contributed by atoms with Gasteiger partial charge in [0.2, 0.25) is 5.91 Å². The summed E-state index contributed by atoms with van der Waals surface area (Å²) < 4.78 is 10.5. The van der Waals surface area contributed by atoms with E-state index in [-0.39, 0.29) is 12.0 Å². The molecule has 1 aromatic carbocycles. The quantitative estimate of drug-likeness (QED) is 0.781. The highest BCUT2D eigenvalue weighted by Gasteiger charge is 2.25. The van der Waals surface area contributed by atoms with Crippen LogP contribution < -0.4 is 5.32 Å². The minimum absolute atomic E-state index is 0.0282. The van der Waals surface area contributed by atoms with Gasteiger partial charge in [0.15, 0.2) is 0 Å². The predicted molar refractivity (Wildman–Crippen MR) is 82.3 cm³/mol. The number of rotatable bonds is 7. The van der Waals surface area contributed by atoms with E-state index in [9.17, 15) is 9.59 Å². The summed E-state index contributed by atoms with van der Waals surface area (Å²) in [5, 5.41) is 2.78. The molecular weight excluding hydrogens is 282 g/mol. The fourth-order valence-electron chi connectivity index (χ4n) is 2.55. The fourth-order valence-corrected chi connectivity index (χ4v) is 2.55.